The maximum absolute atomic E-state index is 10.9. The van der Waals surface area contributed by atoms with Crippen molar-refractivity contribution in [2.24, 2.45) is 0 Å². The highest BCUT2D eigenvalue weighted by molar-refractivity contribution is 6.66. The molecule has 0 aromatic heterocycles. The predicted molar refractivity (Wildman–Crippen MR) is 60.9 cm³/mol. The highest BCUT2D eigenvalue weighted by atomic mass is 35.5. The van der Waals surface area contributed by atoms with Crippen LogP contribution < -0.4 is 0 Å². The minimum atomic E-state index is -1.28. The number of alkyl halides is 4. The molecule has 0 bridgehead atoms. The van der Waals surface area contributed by atoms with Crippen LogP contribution in [0.4, 0.5) is 0 Å². The number of fused-ring (bicyclic) bond motifs is 1. The van der Waals surface area contributed by atoms with Crippen LogP contribution in [-0.4, -0.2) is 26.2 Å². The van der Waals surface area contributed by atoms with Gasteiger partial charge in [0.2, 0.25) is 0 Å². The van der Waals surface area contributed by atoms with E-state index in [0.29, 0.717) is 6.42 Å². The summed E-state index contributed by atoms with van der Waals surface area (Å²) in [6, 6.07) is 0. The third-order valence-corrected chi connectivity index (χ3v) is 6.15. The van der Waals surface area contributed by atoms with Gasteiger partial charge in [-0.15, -0.1) is 23.2 Å². The molecule has 0 aliphatic heterocycles. The topological polar surface area (TPSA) is 26.3 Å². The van der Waals surface area contributed by atoms with Crippen molar-refractivity contribution in [3.63, 3.8) is 0 Å². The summed E-state index contributed by atoms with van der Waals surface area (Å²) in [6.07, 6.45) is 3.22. The van der Waals surface area contributed by atoms with E-state index in [1.165, 1.54) is 6.92 Å². The van der Waals surface area contributed by atoms with E-state index in [-0.39, 0.29) is 0 Å². The van der Waals surface area contributed by atoms with Crippen LogP contribution in [0.25, 0.3) is 0 Å². The zero-order valence-corrected chi connectivity index (χ0v) is 10.8. The van der Waals surface area contributed by atoms with E-state index in [4.69, 9.17) is 51.1 Å². The number of rotatable bonds is 1. The van der Waals surface area contributed by atoms with Crippen molar-refractivity contribution < 1.29 is 9.53 Å². The summed E-state index contributed by atoms with van der Waals surface area (Å²) in [5.74, 6) is -0.443. The zero-order valence-electron chi connectivity index (χ0n) is 7.77. The number of halogens is 4. The number of carbonyl (C=O) groups is 1. The van der Waals surface area contributed by atoms with Crippen molar-refractivity contribution >= 4 is 52.4 Å². The van der Waals surface area contributed by atoms with Crippen molar-refractivity contribution in [1.29, 1.82) is 0 Å². The summed E-state index contributed by atoms with van der Waals surface area (Å²) in [5.41, 5.74) is 0. The molecule has 0 heterocycles. The highest BCUT2D eigenvalue weighted by Crippen LogP contribution is 2.77. The third kappa shape index (κ3) is 1.22. The summed E-state index contributed by atoms with van der Waals surface area (Å²) in [4.78, 5) is 8.80. The van der Waals surface area contributed by atoms with Crippen molar-refractivity contribution in [1.82, 2.24) is 0 Å². The lowest BCUT2D eigenvalue weighted by atomic mass is 10.0. The maximum atomic E-state index is 10.9. The van der Waals surface area contributed by atoms with Gasteiger partial charge in [-0.25, -0.2) is 0 Å². The van der Waals surface area contributed by atoms with Crippen molar-refractivity contribution in [3.8, 4) is 0 Å². The summed E-state index contributed by atoms with van der Waals surface area (Å²) in [7, 11) is 0. The molecule has 2 rings (SSSR count). The SMILES string of the molecule is CC(=O)O[C@H]1C=CC[C@]2(Cl)C(Cl)(Cl)[C@]12Cl. The first kappa shape index (κ1) is 11.8. The second-order valence-corrected chi connectivity index (χ2v) is 6.32. The molecule has 15 heavy (non-hydrogen) atoms. The molecule has 3 atom stereocenters. The van der Waals surface area contributed by atoms with Gasteiger partial charge in [0.05, 0.1) is 0 Å². The molecule has 0 aromatic carbocycles. The summed E-state index contributed by atoms with van der Waals surface area (Å²) in [5, 5.41) is 0. The molecule has 0 amide bonds. The van der Waals surface area contributed by atoms with Gasteiger partial charge in [-0.1, -0.05) is 29.3 Å². The van der Waals surface area contributed by atoms with Crippen molar-refractivity contribution in [2.45, 2.75) is 33.5 Å². The van der Waals surface area contributed by atoms with Gasteiger partial charge in [0, 0.05) is 6.92 Å². The van der Waals surface area contributed by atoms with Crippen LogP contribution in [0.3, 0.4) is 0 Å². The lowest BCUT2D eigenvalue weighted by molar-refractivity contribution is -0.144. The third-order valence-electron chi connectivity index (χ3n) is 2.86. The molecule has 0 aromatic rings. The summed E-state index contributed by atoms with van der Waals surface area (Å²) >= 11 is 24.6. The van der Waals surface area contributed by atoms with Gasteiger partial charge in [0.15, 0.2) is 4.33 Å². The zero-order chi connectivity index (χ0) is 11.5. The second kappa shape index (κ2) is 3.19. The average molecular weight is 290 g/mol. The Morgan fingerprint density at radius 3 is 2.53 bits per heavy atom. The number of hydrogen-bond acceptors (Lipinski definition) is 2. The van der Waals surface area contributed by atoms with Crippen molar-refractivity contribution in [2.75, 3.05) is 0 Å². The molecule has 2 nitrogen and oxygen atoms in total. The number of esters is 1. The smallest absolute Gasteiger partial charge is 0.303 e. The van der Waals surface area contributed by atoms with Gasteiger partial charge in [-0.2, -0.15) is 0 Å². The van der Waals surface area contributed by atoms with E-state index < -0.39 is 26.2 Å². The second-order valence-electron chi connectivity index (χ2n) is 3.75. The first-order valence-electron chi connectivity index (χ1n) is 4.37. The van der Waals surface area contributed by atoms with Crippen LogP contribution in [0.1, 0.15) is 13.3 Å². The molecule has 0 spiro atoms. The van der Waals surface area contributed by atoms with E-state index in [2.05, 4.69) is 0 Å². The predicted octanol–water partition coefficient (Wildman–Crippen LogP) is 3.02. The maximum Gasteiger partial charge on any atom is 0.303 e. The normalized spacial score (nSPS) is 45.8. The molecule has 2 aliphatic rings. The van der Waals surface area contributed by atoms with E-state index in [9.17, 15) is 4.79 Å². The molecule has 1 fully saturated rings. The van der Waals surface area contributed by atoms with Gasteiger partial charge < -0.3 is 4.74 Å². The van der Waals surface area contributed by atoms with Crippen LogP contribution in [0, 0.1) is 0 Å². The minimum absolute atomic E-state index is 0.443. The minimum Gasteiger partial charge on any atom is -0.456 e. The summed E-state index contributed by atoms with van der Waals surface area (Å²) < 4.78 is 3.75. The molecule has 0 unspecified atom stereocenters. The van der Waals surface area contributed by atoms with Crippen LogP contribution >= 0.6 is 46.4 Å². The van der Waals surface area contributed by atoms with Gasteiger partial charge >= 0.3 is 5.97 Å². The number of hydrogen-bond donors (Lipinski definition) is 0. The number of allylic oxidation sites excluding steroid dienone is 1. The fraction of sp³-hybridized carbons (Fsp3) is 0.667. The Balaban J connectivity index is 2.32. The monoisotopic (exact) mass is 288 g/mol. The molecule has 84 valence electrons. The van der Waals surface area contributed by atoms with E-state index >= 15 is 0 Å². The van der Waals surface area contributed by atoms with E-state index in [0.717, 1.165) is 0 Å². The largest absolute Gasteiger partial charge is 0.456 e. The molecule has 0 N–H and O–H groups in total. The van der Waals surface area contributed by atoms with Gasteiger partial charge in [-0.3, -0.25) is 4.79 Å². The lowest BCUT2D eigenvalue weighted by Crippen LogP contribution is -2.35. The molecule has 1 saturated carbocycles. The first-order valence-corrected chi connectivity index (χ1v) is 5.88. The van der Waals surface area contributed by atoms with Crippen LogP contribution in [-0.2, 0) is 9.53 Å². The Bertz CT molecular complexity index is 354. The Hall–Kier alpha value is 0.370. The molecule has 0 radical (unpaired) electrons. The molecule has 6 heteroatoms. The van der Waals surface area contributed by atoms with E-state index in [1.54, 1.807) is 12.2 Å². The Morgan fingerprint density at radius 2 is 2.00 bits per heavy atom. The van der Waals surface area contributed by atoms with Gasteiger partial charge in [-0.05, 0) is 12.5 Å². The molecular formula is C9H8Cl4O2. The lowest BCUT2D eigenvalue weighted by Gasteiger charge is -2.24. The average Bonchev–Trinajstić information content (AvgIpc) is 2.45. The number of ether oxygens (including phenoxy) is 1. The first-order chi connectivity index (χ1) is 6.77. The Morgan fingerprint density at radius 1 is 1.40 bits per heavy atom. The highest BCUT2D eigenvalue weighted by Gasteiger charge is 2.90. The van der Waals surface area contributed by atoms with Gasteiger partial charge in [0.1, 0.15) is 15.9 Å². The van der Waals surface area contributed by atoms with Crippen molar-refractivity contribution in [3.05, 3.63) is 12.2 Å². The molecule has 0 saturated heterocycles. The van der Waals surface area contributed by atoms with Gasteiger partial charge in [0.25, 0.3) is 0 Å². The van der Waals surface area contributed by atoms with Crippen LogP contribution in [0.15, 0.2) is 12.2 Å². The van der Waals surface area contributed by atoms with Crippen LogP contribution in [0.2, 0.25) is 0 Å². The molecular weight excluding hydrogens is 282 g/mol. The summed E-state index contributed by atoms with van der Waals surface area (Å²) in [6.45, 7) is 1.30. The standard InChI is InChI=1S/C9H8Cl4O2/c1-5(14)15-6-3-2-4-7(10)8(6,11)9(7,12)13/h2-3,6H,4H2,1H3/t6-,7+,8-/m0/s1. The Labute approximate surface area is 107 Å². The number of carbonyl (C=O) groups excluding carboxylic acids is 1. The molecule has 2 aliphatic carbocycles. The van der Waals surface area contributed by atoms with E-state index in [1.807, 2.05) is 0 Å². The van der Waals surface area contributed by atoms with Crippen LogP contribution in [0.5, 0.6) is 0 Å². The quantitative estimate of drug-likeness (QED) is 0.421. The fourth-order valence-electron chi connectivity index (χ4n) is 1.96. The fourth-order valence-corrected chi connectivity index (χ4v) is 3.99. The Kier molecular flexibility index (Phi) is 2.52.